The van der Waals surface area contributed by atoms with Crippen molar-refractivity contribution in [1.29, 1.82) is 0 Å². The summed E-state index contributed by atoms with van der Waals surface area (Å²) in [6.07, 6.45) is 0.762. The third kappa shape index (κ3) is 5.50. The highest BCUT2D eigenvalue weighted by atomic mass is 16.5. The zero-order chi connectivity index (χ0) is 18.1. The quantitative estimate of drug-likeness (QED) is 0.759. The molecule has 5 heteroatoms. The maximum atomic E-state index is 12.3. The number of methoxy groups -OCH3 is 2. The summed E-state index contributed by atoms with van der Waals surface area (Å²) in [6.45, 7) is 3.47. The lowest BCUT2D eigenvalue weighted by molar-refractivity contribution is 0.0953. The third-order valence-electron chi connectivity index (χ3n) is 3.78. The minimum absolute atomic E-state index is 0.103. The lowest BCUT2D eigenvalue weighted by Gasteiger charge is -2.12. The predicted molar refractivity (Wildman–Crippen MR) is 97.4 cm³/mol. The van der Waals surface area contributed by atoms with Gasteiger partial charge in [0.2, 0.25) is 0 Å². The largest absolute Gasteiger partial charge is 0.497 e. The second kappa shape index (κ2) is 9.69. The van der Waals surface area contributed by atoms with Crippen LogP contribution in [0.2, 0.25) is 0 Å². The van der Waals surface area contributed by atoms with E-state index in [2.05, 4.69) is 5.32 Å². The number of rotatable bonds is 9. The third-order valence-corrected chi connectivity index (χ3v) is 3.78. The van der Waals surface area contributed by atoms with E-state index in [4.69, 9.17) is 14.2 Å². The fraction of sp³-hybridized carbons (Fsp3) is 0.350. The van der Waals surface area contributed by atoms with Crippen LogP contribution in [0.5, 0.6) is 11.5 Å². The first-order chi connectivity index (χ1) is 12.2. The molecule has 0 radical (unpaired) electrons. The van der Waals surface area contributed by atoms with Crippen molar-refractivity contribution in [3.8, 4) is 11.5 Å². The first kappa shape index (κ1) is 18.8. The number of hydrogen-bond donors (Lipinski definition) is 1. The molecule has 25 heavy (non-hydrogen) atoms. The number of benzene rings is 2. The Morgan fingerprint density at radius 3 is 2.48 bits per heavy atom. The highest BCUT2D eigenvalue weighted by Gasteiger charge is 2.10. The molecule has 0 aliphatic rings. The van der Waals surface area contributed by atoms with Crippen LogP contribution in [0, 0.1) is 0 Å². The van der Waals surface area contributed by atoms with Crippen molar-refractivity contribution < 1.29 is 19.0 Å². The predicted octanol–water partition coefficient (Wildman–Crippen LogP) is 3.21. The van der Waals surface area contributed by atoms with Crippen LogP contribution in [-0.2, 0) is 17.8 Å². The van der Waals surface area contributed by atoms with E-state index in [1.165, 1.54) is 0 Å². The van der Waals surface area contributed by atoms with Crippen molar-refractivity contribution in [1.82, 2.24) is 5.32 Å². The molecule has 0 saturated carbocycles. The van der Waals surface area contributed by atoms with Crippen LogP contribution in [0.1, 0.15) is 28.4 Å². The van der Waals surface area contributed by atoms with Crippen LogP contribution in [0.4, 0.5) is 0 Å². The van der Waals surface area contributed by atoms with Gasteiger partial charge in [0.25, 0.3) is 5.91 Å². The molecule has 5 nitrogen and oxygen atoms in total. The number of carbonyl (C=O) groups excluding carboxylic acids is 1. The Labute approximate surface area is 148 Å². The number of ether oxygens (including phenoxy) is 3. The van der Waals surface area contributed by atoms with E-state index in [9.17, 15) is 4.79 Å². The molecule has 0 spiro atoms. The molecule has 134 valence electrons. The molecular weight excluding hydrogens is 318 g/mol. The molecule has 0 saturated heterocycles. The van der Waals surface area contributed by atoms with Crippen molar-refractivity contribution in [2.45, 2.75) is 20.0 Å². The molecule has 0 unspecified atom stereocenters. The molecule has 1 N–H and O–H groups in total. The Balaban J connectivity index is 1.94. The van der Waals surface area contributed by atoms with Gasteiger partial charge in [-0.1, -0.05) is 12.1 Å². The van der Waals surface area contributed by atoms with Crippen molar-refractivity contribution in [3.63, 3.8) is 0 Å². The SMILES string of the molecule is CCOc1ccc(C(=O)NCCc2ccc(OC)cc2)cc1COC. The van der Waals surface area contributed by atoms with Crippen LogP contribution in [0.15, 0.2) is 42.5 Å². The van der Waals surface area contributed by atoms with Crippen LogP contribution in [-0.4, -0.2) is 33.3 Å². The van der Waals surface area contributed by atoms with E-state index >= 15 is 0 Å². The van der Waals surface area contributed by atoms with E-state index in [-0.39, 0.29) is 5.91 Å². The fourth-order valence-corrected chi connectivity index (χ4v) is 2.50. The van der Waals surface area contributed by atoms with Gasteiger partial charge in [0.05, 0.1) is 20.3 Å². The summed E-state index contributed by atoms with van der Waals surface area (Å²) >= 11 is 0. The Morgan fingerprint density at radius 1 is 1.08 bits per heavy atom. The van der Waals surface area contributed by atoms with Crippen molar-refractivity contribution in [2.75, 3.05) is 27.4 Å². The molecule has 0 fully saturated rings. The summed E-state index contributed by atoms with van der Waals surface area (Å²) in [5.41, 5.74) is 2.62. The van der Waals surface area contributed by atoms with Gasteiger partial charge in [-0.05, 0) is 49.2 Å². The van der Waals surface area contributed by atoms with Gasteiger partial charge >= 0.3 is 0 Å². The molecule has 0 atom stereocenters. The second-order valence-electron chi connectivity index (χ2n) is 5.54. The van der Waals surface area contributed by atoms with Gasteiger partial charge in [0.15, 0.2) is 0 Å². The molecule has 0 aliphatic heterocycles. The zero-order valence-electron chi connectivity index (χ0n) is 15.0. The monoisotopic (exact) mass is 343 g/mol. The number of hydrogen-bond acceptors (Lipinski definition) is 4. The maximum absolute atomic E-state index is 12.3. The van der Waals surface area contributed by atoms with Crippen LogP contribution in [0.3, 0.4) is 0 Å². The van der Waals surface area contributed by atoms with E-state index in [0.717, 1.165) is 29.0 Å². The second-order valence-corrected chi connectivity index (χ2v) is 5.54. The summed E-state index contributed by atoms with van der Waals surface area (Å²) in [4.78, 5) is 12.3. The van der Waals surface area contributed by atoms with E-state index in [1.807, 2.05) is 43.3 Å². The van der Waals surface area contributed by atoms with Gasteiger partial charge in [0, 0.05) is 24.8 Å². The van der Waals surface area contributed by atoms with Crippen molar-refractivity contribution in [3.05, 3.63) is 59.2 Å². The highest BCUT2D eigenvalue weighted by Crippen LogP contribution is 2.21. The smallest absolute Gasteiger partial charge is 0.251 e. The molecule has 2 aromatic rings. The maximum Gasteiger partial charge on any atom is 0.251 e. The standard InChI is InChI=1S/C20H25NO4/c1-4-25-19-10-7-16(13-17(19)14-23-2)20(22)21-12-11-15-5-8-18(24-3)9-6-15/h5-10,13H,4,11-12,14H2,1-3H3,(H,21,22). The van der Waals surface area contributed by atoms with Gasteiger partial charge in [0.1, 0.15) is 11.5 Å². The molecule has 2 rings (SSSR count). The molecular formula is C20H25NO4. The summed E-state index contributed by atoms with van der Waals surface area (Å²) in [6, 6.07) is 13.2. The molecule has 0 aliphatic carbocycles. The Morgan fingerprint density at radius 2 is 1.84 bits per heavy atom. The average molecular weight is 343 g/mol. The summed E-state index contributed by atoms with van der Waals surface area (Å²) < 4.78 is 15.9. The Hall–Kier alpha value is -2.53. The van der Waals surface area contributed by atoms with E-state index in [0.29, 0.717) is 25.3 Å². The minimum Gasteiger partial charge on any atom is -0.497 e. The number of carbonyl (C=O) groups is 1. The molecule has 2 aromatic carbocycles. The van der Waals surface area contributed by atoms with Crippen LogP contribution < -0.4 is 14.8 Å². The van der Waals surface area contributed by atoms with Gasteiger partial charge in [-0.2, -0.15) is 0 Å². The lowest BCUT2D eigenvalue weighted by Crippen LogP contribution is -2.25. The Bertz CT molecular complexity index is 683. The molecule has 0 bridgehead atoms. The zero-order valence-corrected chi connectivity index (χ0v) is 15.0. The van der Waals surface area contributed by atoms with Gasteiger partial charge in [-0.3, -0.25) is 4.79 Å². The number of amides is 1. The first-order valence-electron chi connectivity index (χ1n) is 8.33. The molecule has 0 heterocycles. The average Bonchev–Trinajstić information content (AvgIpc) is 2.64. The van der Waals surface area contributed by atoms with Crippen LogP contribution >= 0.6 is 0 Å². The van der Waals surface area contributed by atoms with Crippen molar-refractivity contribution >= 4 is 5.91 Å². The lowest BCUT2D eigenvalue weighted by atomic mass is 10.1. The first-order valence-corrected chi connectivity index (χ1v) is 8.33. The van der Waals surface area contributed by atoms with Gasteiger partial charge in [-0.25, -0.2) is 0 Å². The molecule has 0 aromatic heterocycles. The summed E-state index contributed by atoms with van der Waals surface area (Å²) in [5, 5.41) is 2.95. The topological polar surface area (TPSA) is 56.8 Å². The fourth-order valence-electron chi connectivity index (χ4n) is 2.50. The molecule has 1 amide bonds. The van der Waals surface area contributed by atoms with E-state index in [1.54, 1.807) is 20.3 Å². The minimum atomic E-state index is -0.103. The summed E-state index contributed by atoms with van der Waals surface area (Å²) in [5.74, 6) is 1.47. The van der Waals surface area contributed by atoms with Crippen LogP contribution in [0.25, 0.3) is 0 Å². The number of nitrogens with one attached hydrogen (secondary N) is 1. The van der Waals surface area contributed by atoms with Crippen molar-refractivity contribution in [2.24, 2.45) is 0 Å². The van der Waals surface area contributed by atoms with Gasteiger partial charge in [-0.15, -0.1) is 0 Å². The Kier molecular flexibility index (Phi) is 7.29. The van der Waals surface area contributed by atoms with Gasteiger partial charge < -0.3 is 19.5 Å². The van der Waals surface area contributed by atoms with E-state index < -0.39 is 0 Å². The normalized spacial score (nSPS) is 10.4. The highest BCUT2D eigenvalue weighted by molar-refractivity contribution is 5.94. The summed E-state index contributed by atoms with van der Waals surface area (Å²) in [7, 11) is 3.27.